The Kier molecular flexibility index (Phi) is 2.90. The molecule has 72 valence electrons. The van der Waals surface area contributed by atoms with Crippen molar-refractivity contribution in [3.8, 4) is 11.5 Å². The van der Waals surface area contributed by atoms with Gasteiger partial charge in [-0.25, -0.2) is 0 Å². The minimum absolute atomic E-state index is 0.0341. The van der Waals surface area contributed by atoms with E-state index in [1.165, 1.54) is 0 Å². The Labute approximate surface area is 102 Å². The van der Waals surface area contributed by atoms with E-state index in [2.05, 4.69) is 42.1 Å². The topological polar surface area (TPSA) is 38.9 Å². The predicted molar refractivity (Wildman–Crippen MR) is 60.1 cm³/mol. The van der Waals surface area contributed by atoms with Gasteiger partial charge in [-0.1, -0.05) is 21.0 Å². The molecule has 2 rings (SSSR count). The van der Waals surface area contributed by atoms with Crippen LogP contribution < -0.4 is 0 Å². The molecule has 0 atom stereocenters. The number of hydrogen-bond acceptors (Lipinski definition) is 3. The van der Waals surface area contributed by atoms with Gasteiger partial charge in [-0.15, -0.1) is 5.10 Å². The average molecular weight is 338 g/mol. The van der Waals surface area contributed by atoms with Crippen molar-refractivity contribution >= 4 is 43.5 Å². The maximum Gasteiger partial charge on any atom is 0.313 e. The molecule has 0 amide bonds. The van der Waals surface area contributed by atoms with Crippen molar-refractivity contribution in [3.05, 3.63) is 32.5 Å². The first kappa shape index (κ1) is 10.1. The Bertz CT molecular complexity index is 472. The Morgan fingerprint density at radius 3 is 2.64 bits per heavy atom. The van der Waals surface area contributed by atoms with Gasteiger partial charge in [-0.2, -0.15) is 0 Å². The molecule has 14 heavy (non-hydrogen) atoms. The van der Waals surface area contributed by atoms with Crippen molar-refractivity contribution in [1.29, 1.82) is 0 Å². The molecule has 0 aliphatic heterocycles. The summed E-state index contributed by atoms with van der Waals surface area (Å²) in [7, 11) is 0. The molecule has 1 aromatic carbocycles. The molecule has 0 radical (unpaired) electrons. The minimum atomic E-state index is 0.0341. The van der Waals surface area contributed by atoms with E-state index in [4.69, 9.17) is 16.0 Å². The lowest BCUT2D eigenvalue weighted by Crippen LogP contribution is -1.80. The van der Waals surface area contributed by atoms with Gasteiger partial charge in [0.05, 0.1) is 5.56 Å². The SMILES string of the molecule is Clc1nnc(-c2cc(Br)ccc2Br)o1. The fourth-order valence-electron chi connectivity index (χ4n) is 0.976. The zero-order chi connectivity index (χ0) is 10.1. The van der Waals surface area contributed by atoms with E-state index in [-0.39, 0.29) is 5.35 Å². The second-order valence-corrected chi connectivity index (χ2v) is 4.58. The summed E-state index contributed by atoms with van der Waals surface area (Å²) in [6.07, 6.45) is 0. The van der Waals surface area contributed by atoms with Crippen molar-refractivity contribution in [2.45, 2.75) is 0 Å². The summed E-state index contributed by atoms with van der Waals surface area (Å²) in [4.78, 5) is 0. The number of aromatic nitrogens is 2. The first-order valence-corrected chi connectivity index (χ1v) is 5.57. The molecule has 0 saturated heterocycles. The molecular formula is C8H3Br2ClN2O. The number of hydrogen-bond donors (Lipinski definition) is 0. The summed E-state index contributed by atoms with van der Waals surface area (Å²) in [5.41, 5.74) is 0.804. The fourth-order valence-corrected chi connectivity index (χ4v) is 1.86. The highest BCUT2D eigenvalue weighted by Crippen LogP contribution is 2.30. The first-order chi connectivity index (χ1) is 6.66. The van der Waals surface area contributed by atoms with Crippen LogP contribution in [-0.4, -0.2) is 10.2 Å². The maximum atomic E-state index is 5.54. The molecule has 6 heteroatoms. The molecule has 1 aromatic heterocycles. The van der Waals surface area contributed by atoms with Gasteiger partial charge in [0.2, 0.25) is 5.89 Å². The summed E-state index contributed by atoms with van der Waals surface area (Å²) < 4.78 is 6.91. The van der Waals surface area contributed by atoms with Gasteiger partial charge in [0, 0.05) is 8.95 Å². The maximum absolute atomic E-state index is 5.54. The van der Waals surface area contributed by atoms with Gasteiger partial charge in [-0.05, 0) is 45.7 Å². The fraction of sp³-hybridized carbons (Fsp3) is 0. The summed E-state index contributed by atoms with van der Waals surface area (Å²) in [6, 6.07) is 5.66. The van der Waals surface area contributed by atoms with E-state index in [1.807, 2.05) is 18.2 Å². The quantitative estimate of drug-likeness (QED) is 0.791. The Balaban J connectivity index is 2.55. The van der Waals surface area contributed by atoms with Crippen LogP contribution in [0.3, 0.4) is 0 Å². The standard InChI is InChI=1S/C8H3Br2ClN2O/c9-4-1-2-6(10)5(3-4)7-12-13-8(11)14-7/h1-3H. The zero-order valence-corrected chi connectivity index (χ0v) is 10.6. The van der Waals surface area contributed by atoms with Crippen LogP contribution in [0.15, 0.2) is 31.6 Å². The highest BCUT2D eigenvalue weighted by Gasteiger charge is 2.10. The lowest BCUT2D eigenvalue weighted by Gasteiger charge is -1.98. The van der Waals surface area contributed by atoms with Gasteiger partial charge < -0.3 is 4.42 Å². The summed E-state index contributed by atoms with van der Waals surface area (Å²) >= 11 is 12.3. The van der Waals surface area contributed by atoms with E-state index in [0.29, 0.717) is 5.89 Å². The summed E-state index contributed by atoms with van der Waals surface area (Å²) in [6.45, 7) is 0. The van der Waals surface area contributed by atoms with Gasteiger partial charge in [0.15, 0.2) is 0 Å². The molecule has 0 N–H and O–H groups in total. The molecule has 0 aliphatic rings. The Morgan fingerprint density at radius 1 is 1.21 bits per heavy atom. The van der Waals surface area contributed by atoms with E-state index in [9.17, 15) is 0 Å². The minimum Gasteiger partial charge on any atom is -0.407 e. The second-order valence-electron chi connectivity index (χ2n) is 2.48. The molecule has 0 saturated carbocycles. The van der Waals surface area contributed by atoms with Crippen LogP contribution in [0.2, 0.25) is 5.35 Å². The molecule has 0 bridgehead atoms. The third-order valence-corrected chi connectivity index (χ3v) is 2.90. The largest absolute Gasteiger partial charge is 0.407 e. The molecule has 0 fully saturated rings. The lowest BCUT2D eigenvalue weighted by molar-refractivity contribution is 0.570. The number of benzene rings is 1. The van der Waals surface area contributed by atoms with Crippen LogP contribution in [0, 0.1) is 0 Å². The molecule has 3 nitrogen and oxygen atoms in total. The van der Waals surface area contributed by atoms with Crippen molar-refractivity contribution < 1.29 is 4.42 Å². The average Bonchev–Trinajstić information content (AvgIpc) is 2.56. The predicted octanol–water partition coefficient (Wildman–Crippen LogP) is 3.92. The van der Waals surface area contributed by atoms with Gasteiger partial charge in [0.1, 0.15) is 0 Å². The molecular weight excluding hydrogens is 335 g/mol. The number of rotatable bonds is 1. The smallest absolute Gasteiger partial charge is 0.313 e. The summed E-state index contributed by atoms with van der Waals surface area (Å²) in [5, 5.41) is 7.40. The van der Waals surface area contributed by atoms with Gasteiger partial charge in [-0.3, -0.25) is 0 Å². The van der Waals surface area contributed by atoms with E-state index < -0.39 is 0 Å². The van der Waals surface area contributed by atoms with Crippen LogP contribution in [0.1, 0.15) is 0 Å². The third kappa shape index (κ3) is 1.99. The van der Waals surface area contributed by atoms with Crippen LogP contribution >= 0.6 is 43.5 Å². The Hall–Kier alpha value is -0.390. The van der Waals surface area contributed by atoms with Gasteiger partial charge >= 0.3 is 5.35 Å². The van der Waals surface area contributed by atoms with E-state index in [1.54, 1.807) is 0 Å². The van der Waals surface area contributed by atoms with Crippen LogP contribution in [0.4, 0.5) is 0 Å². The van der Waals surface area contributed by atoms with Crippen molar-refractivity contribution in [2.24, 2.45) is 0 Å². The molecule has 0 unspecified atom stereocenters. The van der Waals surface area contributed by atoms with E-state index >= 15 is 0 Å². The van der Waals surface area contributed by atoms with E-state index in [0.717, 1.165) is 14.5 Å². The van der Waals surface area contributed by atoms with Crippen molar-refractivity contribution in [1.82, 2.24) is 10.2 Å². The molecule has 1 heterocycles. The Morgan fingerprint density at radius 2 is 2.00 bits per heavy atom. The number of halogens is 3. The second kappa shape index (κ2) is 4.00. The molecule has 2 aromatic rings. The molecule has 0 aliphatic carbocycles. The highest BCUT2D eigenvalue weighted by molar-refractivity contribution is 9.11. The lowest BCUT2D eigenvalue weighted by atomic mass is 10.2. The highest BCUT2D eigenvalue weighted by atomic mass is 79.9. The van der Waals surface area contributed by atoms with Gasteiger partial charge in [0.25, 0.3) is 0 Å². The zero-order valence-electron chi connectivity index (χ0n) is 6.67. The van der Waals surface area contributed by atoms with Crippen LogP contribution in [0.5, 0.6) is 0 Å². The molecule has 0 spiro atoms. The normalized spacial score (nSPS) is 10.5. The number of nitrogens with zero attached hydrogens (tertiary/aromatic N) is 2. The first-order valence-electron chi connectivity index (χ1n) is 3.61. The van der Waals surface area contributed by atoms with Crippen molar-refractivity contribution in [2.75, 3.05) is 0 Å². The van der Waals surface area contributed by atoms with Crippen molar-refractivity contribution in [3.63, 3.8) is 0 Å². The van der Waals surface area contributed by atoms with Crippen LogP contribution in [-0.2, 0) is 0 Å². The van der Waals surface area contributed by atoms with Crippen LogP contribution in [0.25, 0.3) is 11.5 Å². The monoisotopic (exact) mass is 336 g/mol. The summed E-state index contributed by atoms with van der Waals surface area (Å²) in [5.74, 6) is 0.392. The third-order valence-electron chi connectivity index (χ3n) is 1.56.